The third-order valence-electron chi connectivity index (χ3n) is 4.88. The number of nitrogens with zero attached hydrogens (tertiary/aromatic N) is 1. The molecule has 0 radical (unpaired) electrons. The summed E-state index contributed by atoms with van der Waals surface area (Å²) in [5.74, 6) is -3.35. The lowest BCUT2D eigenvalue weighted by Gasteiger charge is -2.27. The van der Waals surface area contributed by atoms with Crippen LogP contribution in [0.2, 0.25) is 0 Å². The molecule has 0 saturated heterocycles. The predicted octanol–water partition coefficient (Wildman–Crippen LogP) is 3.24. The number of carbonyl (C=O) groups is 3. The Morgan fingerprint density at radius 2 is 1.73 bits per heavy atom. The highest BCUT2D eigenvalue weighted by molar-refractivity contribution is 5.98. The number of amides is 1. The molecule has 0 saturated carbocycles. The van der Waals surface area contributed by atoms with Crippen LogP contribution in [0.1, 0.15) is 42.9 Å². The lowest BCUT2D eigenvalue weighted by molar-refractivity contribution is -0.160. The maximum atomic E-state index is 13.6. The zero-order valence-electron chi connectivity index (χ0n) is 20.8. The molecule has 0 fully saturated rings. The van der Waals surface area contributed by atoms with Crippen LogP contribution in [0.3, 0.4) is 0 Å². The maximum Gasteiger partial charge on any atom is 0.328 e. The molecule has 0 aliphatic carbocycles. The fraction of sp³-hybridized carbons (Fsp3) is 0.417. The van der Waals surface area contributed by atoms with E-state index in [0.29, 0.717) is 0 Å². The van der Waals surface area contributed by atoms with Crippen molar-refractivity contribution in [2.75, 3.05) is 20.8 Å². The monoisotopic (exact) mass is 528 g/mol. The molecule has 13 heteroatoms. The van der Waals surface area contributed by atoms with Gasteiger partial charge in [-0.1, -0.05) is 0 Å². The smallest absolute Gasteiger partial charge is 0.328 e. The molecule has 1 heterocycles. The van der Waals surface area contributed by atoms with E-state index in [1.165, 1.54) is 46.4 Å². The van der Waals surface area contributed by atoms with Crippen LogP contribution in [0.4, 0.5) is 13.2 Å². The molecule has 1 amide bonds. The number of hydrogen-bond donors (Lipinski definition) is 1. The maximum absolute atomic E-state index is 13.6. The van der Waals surface area contributed by atoms with Crippen LogP contribution < -0.4 is 19.5 Å². The van der Waals surface area contributed by atoms with Gasteiger partial charge in [0.15, 0.2) is 11.4 Å². The highest BCUT2D eigenvalue weighted by Crippen LogP contribution is 2.33. The predicted molar refractivity (Wildman–Crippen MR) is 122 cm³/mol. The van der Waals surface area contributed by atoms with Crippen LogP contribution in [-0.2, 0) is 19.1 Å². The summed E-state index contributed by atoms with van der Waals surface area (Å²) in [5.41, 5.74) is -0.149. The molecule has 0 spiro atoms. The van der Waals surface area contributed by atoms with Gasteiger partial charge in [-0.25, -0.2) is 22.9 Å². The molecule has 0 aliphatic heterocycles. The average Bonchev–Trinajstić information content (AvgIpc) is 2.84. The summed E-state index contributed by atoms with van der Waals surface area (Å²) >= 11 is 0. The zero-order valence-corrected chi connectivity index (χ0v) is 20.8. The zero-order chi connectivity index (χ0) is 27.7. The van der Waals surface area contributed by atoms with Gasteiger partial charge in [0.25, 0.3) is 12.3 Å². The molecular weight excluding hydrogens is 501 g/mol. The first-order valence-corrected chi connectivity index (χ1v) is 10.9. The number of alkyl halides is 2. The molecule has 1 aromatic carbocycles. The molecule has 10 nitrogen and oxygen atoms in total. The molecule has 37 heavy (non-hydrogen) atoms. The van der Waals surface area contributed by atoms with Crippen LogP contribution >= 0.6 is 0 Å². The minimum Gasteiger partial charge on any atom is -0.496 e. The fourth-order valence-corrected chi connectivity index (χ4v) is 3.24. The number of rotatable bonds is 12. The minimum absolute atomic E-state index is 0.00520. The van der Waals surface area contributed by atoms with Crippen LogP contribution in [-0.4, -0.2) is 62.2 Å². The van der Waals surface area contributed by atoms with Crippen molar-refractivity contribution in [2.45, 2.75) is 45.4 Å². The van der Waals surface area contributed by atoms with Crippen molar-refractivity contribution in [1.82, 2.24) is 10.3 Å². The molecule has 2 rings (SSSR count). The normalized spacial score (nSPS) is 13.3. The molecule has 0 unspecified atom stereocenters. The lowest BCUT2D eigenvalue weighted by atomic mass is 10.0. The molecule has 1 aromatic heterocycles. The van der Waals surface area contributed by atoms with Crippen LogP contribution in [0.15, 0.2) is 30.5 Å². The number of halogens is 3. The lowest BCUT2D eigenvalue weighted by Crippen LogP contribution is -2.42. The molecule has 0 bridgehead atoms. The van der Waals surface area contributed by atoms with Crippen molar-refractivity contribution in [2.24, 2.45) is 0 Å². The number of esters is 2. The van der Waals surface area contributed by atoms with Gasteiger partial charge in [-0.3, -0.25) is 9.59 Å². The van der Waals surface area contributed by atoms with E-state index in [9.17, 15) is 27.6 Å². The third-order valence-corrected chi connectivity index (χ3v) is 4.88. The Morgan fingerprint density at radius 3 is 2.32 bits per heavy atom. The van der Waals surface area contributed by atoms with E-state index in [-0.39, 0.29) is 28.5 Å². The van der Waals surface area contributed by atoms with Gasteiger partial charge in [0, 0.05) is 30.8 Å². The van der Waals surface area contributed by atoms with Crippen molar-refractivity contribution in [3.8, 4) is 17.2 Å². The number of methoxy groups -OCH3 is 2. The SMILES string of the molecule is COc1cc(F)ccc1[C@@H](OCC(F)F)[C@H](C)OC(=O)[C@H](C)NC(=O)c1nccc(OC)c1OC(C)=O. The first-order valence-electron chi connectivity index (χ1n) is 10.9. The van der Waals surface area contributed by atoms with Gasteiger partial charge in [0.2, 0.25) is 5.75 Å². The van der Waals surface area contributed by atoms with E-state index in [0.717, 1.165) is 19.1 Å². The van der Waals surface area contributed by atoms with Crippen LogP contribution in [0.25, 0.3) is 0 Å². The number of aromatic nitrogens is 1. The van der Waals surface area contributed by atoms with Gasteiger partial charge >= 0.3 is 11.9 Å². The standard InChI is InChI=1S/C24H27F3N2O8/c1-12(29-23(31)20-22(37-14(3)30)17(33-4)8-9-28-20)24(32)36-13(2)21(35-11-19(26)27)16-7-6-15(25)10-18(16)34-5/h6-10,12-13,19,21H,11H2,1-5H3,(H,29,31)/t12-,13-,21-/m0/s1. The Hall–Kier alpha value is -3.87. The summed E-state index contributed by atoms with van der Waals surface area (Å²) in [6, 6.07) is 3.50. The molecule has 202 valence electrons. The third kappa shape index (κ3) is 8.07. The van der Waals surface area contributed by atoms with Crippen LogP contribution in [0.5, 0.6) is 17.2 Å². The fourth-order valence-electron chi connectivity index (χ4n) is 3.24. The Balaban J connectivity index is 2.20. The van der Waals surface area contributed by atoms with E-state index < -0.39 is 54.9 Å². The summed E-state index contributed by atoms with van der Waals surface area (Å²) in [4.78, 5) is 40.8. The number of nitrogens with one attached hydrogen (secondary N) is 1. The summed E-state index contributed by atoms with van der Waals surface area (Å²) in [6.45, 7) is 2.83. The quantitative estimate of drug-likeness (QED) is 0.414. The average molecular weight is 528 g/mol. The van der Waals surface area contributed by atoms with Crippen molar-refractivity contribution in [3.63, 3.8) is 0 Å². The van der Waals surface area contributed by atoms with Gasteiger partial charge in [0.1, 0.15) is 36.4 Å². The summed E-state index contributed by atoms with van der Waals surface area (Å²) in [6.07, 6.45) is -3.98. The van der Waals surface area contributed by atoms with Gasteiger partial charge in [-0.2, -0.15) is 0 Å². The van der Waals surface area contributed by atoms with Crippen molar-refractivity contribution in [1.29, 1.82) is 0 Å². The highest BCUT2D eigenvalue weighted by Gasteiger charge is 2.31. The number of carbonyl (C=O) groups excluding carboxylic acids is 3. The Labute approximate surface area is 211 Å². The molecular formula is C24H27F3N2O8. The highest BCUT2D eigenvalue weighted by atomic mass is 19.3. The molecule has 1 N–H and O–H groups in total. The second-order valence-corrected chi connectivity index (χ2v) is 7.65. The van der Waals surface area contributed by atoms with Crippen molar-refractivity contribution >= 4 is 17.8 Å². The Kier molecular flexibility index (Phi) is 10.7. The number of benzene rings is 1. The van der Waals surface area contributed by atoms with E-state index in [4.69, 9.17) is 23.7 Å². The van der Waals surface area contributed by atoms with Crippen LogP contribution in [0, 0.1) is 5.82 Å². The first kappa shape index (κ1) is 29.4. The van der Waals surface area contributed by atoms with E-state index in [1.54, 1.807) is 0 Å². The first-order chi connectivity index (χ1) is 17.5. The van der Waals surface area contributed by atoms with Gasteiger partial charge in [-0.05, 0) is 26.0 Å². The summed E-state index contributed by atoms with van der Waals surface area (Å²) in [5, 5.41) is 2.37. The van der Waals surface area contributed by atoms with Gasteiger partial charge in [0.05, 0.1) is 14.2 Å². The molecule has 3 atom stereocenters. The van der Waals surface area contributed by atoms with Gasteiger partial charge in [-0.15, -0.1) is 0 Å². The van der Waals surface area contributed by atoms with Crippen molar-refractivity contribution in [3.05, 3.63) is 47.5 Å². The summed E-state index contributed by atoms with van der Waals surface area (Å²) in [7, 11) is 2.56. The van der Waals surface area contributed by atoms with Crippen molar-refractivity contribution < 1.29 is 51.2 Å². The van der Waals surface area contributed by atoms with E-state index in [1.807, 2.05) is 0 Å². The van der Waals surface area contributed by atoms with E-state index >= 15 is 0 Å². The second-order valence-electron chi connectivity index (χ2n) is 7.65. The topological polar surface area (TPSA) is 122 Å². The molecule has 2 aromatic rings. The number of ether oxygens (including phenoxy) is 5. The number of pyridine rings is 1. The number of hydrogen-bond acceptors (Lipinski definition) is 9. The van der Waals surface area contributed by atoms with E-state index in [2.05, 4.69) is 10.3 Å². The second kappa shape index (κ2) is 13.4. The minimum atomic E-state index is -2.82. The summed E-state index contributed by atoms with van der Waals surface area (Å²) < 4.78 is 65.2. The molecule has 0 aliphatic rings. The largest absolute Gasteiger partial charge is 0.496 e. The van der Waals surface area contributed by atoms with Gasteiger partial charge < -0.3 is 29.0 Å². The Bertz CT molecular complexity index is 1120. The Morgan fingerprint density at radius 1 is 1.05 bits per heavy atom.